The molecule has 0 unspecified atom stereocenters. The van der Waals surface area contributed by atoms with Gasteiger partial charge in [0.1, 0.15) is 17.7 Å². The van der Waals surface area contributed by atoms with E-state index in [1.54, 1.807) is 4.52 Å². The molecule has 14 heavy (non-hydrogen) atoms. The van der Waals surface area contributed by atoms with Gasteiger partial charge in [0, 0.05) is 0 Å². The minimum absolute atomic E-state index is 0.326. The zero-order chi connectivity index (χ0) is 10.3. The third-order valence-electron chi connectivity index (χ3n) is 2.20. The standard InChI is InChI=1S/C9H13N5/c1-5(2)7-8-9(10)11-4-12-14(8)6(3)13-7/h4-5H,1-3H3,(H2,10,11,12). The normalized spacial score (nSPS) is 11.4. The molecule has 5 heteroatoms. The predicted molar refractivity (Wildman–Crippen MR) is 54.0 cm³/mol. The minimum atomic E-state index is 0.326. The Morgan fingerprint density at radius 1 is 1.43 bits per heavy atom. The van der Waals surface area contributed by atoms with Crippen LogP contribution in [-0.4, -0.2) is 19.6 Å². The Bertz CT molecular complexity index is 471. The average Bonchev–Trinajstić information content (AvgIpc) is 2.46. The fourth-order valence-corrected chi connectivity index (χ4v) is 1.53. The van der Waals surface area contributed by atoms with Crippen LogP contribution in [0.3, 0.4) is 0 Å². The highest BCUT2D eigenvalue weighted by Gasteiger charge is 2.14. The second-order valence-corrected chi connectivity index (χ2v) is 3.60. The fourth-order valence-electron chi connectivity index (χ4n) is 1.53. The number of nitrogen functional groups attached to an aromatic ring is 1. The summed E-state index contributed by atoms with van der Waals surface area (Å²) in [6.07, 6.45) is 1.45. The van der Waals surface area contributed by atoms with Gasteiger partial charge in [0.2, 0.25) is 0 Å². The summed E-state index contributed by atoms with van der Waals surface area (Å²) in [7, 11) is 0. The topological polar surface area (TPSA) is 69.1 Å². The fraction of sp³-hybridized carbons (Fsp3) is 0.444. The SMILES string of the molecule is Cc1nc(C(C)C)c2c(N)ncnn12. The summed E-state index contributed by atoms with van der Waals surface area (Å²) in [5.74, 6) is 1.66. The highest BCUT2D eigenvalue weighted by Crippen LogP contribution is 2.22. The first-order valence-corrected chi connectivity index (χ1v) is 4.57. The molecule has 0 saturated heterocycles. The van der Waals surface area contributed by atoms with Crippen LogP contribution in [0.2, 0.25) is 0 Å². The molecule has 0 aliphatic heterocycles. The number of rotatable bonds is 1. The van der Waals surface area contributed by atoms with E-state index < -0.39 is 0 Å². The lowest BCUT2D eigenvalue weighted by molar-refractivity contribution is 0.834. The van der Waals surface area contributed by atoms with E-state index in [4.69, 9.17) is 5.73 Å². The number of hydrogen-bond donors (Lipinski definition) is 1. The summed E-state index contributed by atoms with van der Waals surface area (Å²) in [6, 6.07) is 0. The van der Waals surface area contributed by atoms with Gasteiger partial charge in [0.25, 0.3) is 0 Å². The van der Waals surface area contributed by atoms with Crippen molar-refractivity contribution in [3.63, 3.8) is 0 Å². The van der Waals surface area contributed by atoms with Crippen LogP contribution in [0, 0.1) is 6.92 Å². The molecule has 0 fully saturated rings. The second-order valence-electron chi connectivity index (χ2n) is 3.60. The third kappa shape index (κ3) is 1.13. The van der Waals surface area contributed by atoms with Crippen molar-refractivity contribution in [3.8, 4) is 0 Å². The molecule has 0 aromatic carbocycles. The molecule has 0 amide bonds. The molecule has 74 valence electrons. The van der Waals surface area contributed by atoms with E-state index in [-0.39, 0.29) is 0 Å². The Balaban J connectivity index is 2.86. The molecule has 2 aromatic heterocycles. The molecular weight excluding hydrogens is 178 g/mol. The molecular formula is C9H13N5. The van der Waals surface area contributed by atoms with Gasteiger partial charge in [-0.1, -0.05) is 13.8 Å². The Labute approximate surface area is 82.0 Å². The molecule has 0 saturated carbocycles. The first kappa shape index (κ1) is 8.93. The van der Waals surface area contributed by atoms with Crippen molar-refractivity contribution in [3.05, 3.63) is 17.8 Å². The lowest BCUT2D eigenvalue weighted by atomic mass is 10.1. The van der Waals surface area contributed by atoms with Crippen molar-refractivity contribution in [2.75, 3.05) is 5.73 Å². The van der Waals surface area contributed by atoms with Crippen molar-refractivity contribution < 1.29 is 0 Å². The summed E-state index contributed by atoms with van der Waals surface area (Å²) in [4.78, 5) is 8.40. The highest BCUT2D eigenvalue weighted by atomic mass is 15.3. The number of nitrogens with zero attached hydrogens (tertiary/aromatic N) is 4. The number of aromatic nitrogens is 4. The number of anilines is 1. The summed E-state index contributed by atoms with van der Waals surface area (Å²) < 4.78 is 1.73. The van der Waals surface area contributed by atoms with E-state index in [2.05, 4.69) is 28.9 Å². The molecule has 0 atom stereocenters. The maximum Gasteiger partial charge on any atom is 0.153 e. The molecule has 0 bridgehead atoms. The van der Waals surface area contributed by atoms with Crippen molar-refractivity contribution in [1.29, 1.82) is 0 Å². The van der Waals surface area contributed by atoms with Crippen LogP contribution in [0.1, 0.15) is 31.3 Å². The van der Waals surface area contributed by atoms with E-state index in [9.17, 15) is 0 Å². The lowest BCUT2D eigenvalue weighted by Gasteiger charge is -2.02. The van der Waals surface area contributed by atoms with Crippen LogP contribution in [0.5, 0.6) is 0 Å². The quantitative estimate of drug-likeness (QED) is 0.733. The summed E-state index contributed by atoms with van der Waals surface area (Å²) in [6.45, 7) is 6.06. The van der Waals surface area contributed by atoms with E-state index in [0.717, 1.165) is 17.0 Å². The number of imidazole rings is 1. The van der Waals surface area contributed by atoms with Gasteiger partial charge in [-0.25, -0.2) is 14.5 Å². The molecule has 0 aliphatic rings. The Morgan fingerprint density at radius 3 is 2.79 bits per heavy atom. The lowest BCUT2D eigenvalue weighted by Crippen LogP contribution is -2.01. The number of hydrogen-bond acceptors (Lipinski definition) is 4. The highest BCUT2D eigenvalue weighted by molar-refractivity contribution is 5.68. The molecule has 0 radical (unpaired) electrons. The van der Waals surface area contributed by atoms with E-state index in [1.807, 2.05) is 6.92 Å². The van der Waals surface area contributed by atoms with Gasteiger partial charge in [-0.2, -0.15) is 5.10 Å². The second kappa shape index (κ2) is 2.94. The maximum atomic E-state index is 5.80. The average molecular weight is 191 g/mol. The first-order chi connectivity index (χ1) is 6.61. The molecule has 2 heterocycles. The Hall–Kier alpha value is -1.65. The Morgan fingerprint density at radius 2 is 2.14 bits per heavy atom. The van der Waals surface area contributed by atoms with E-state index in [0.29, 0.717) is 11.7 Å². The van der Waals surface area contributed by atoms with E-state index >= 15 is 0 Å². The number of fused-ring (bicyclic) bond motifs is 1. The molecule has 2 rings (SSSR count). The van der Waals surface area contributed by atoms with E-state index in [1.165, 1.54) is 6.33 Å². The Kier molecular flexibility index (Phi) is 1.87. The summed E-state index contributed by atoms with van der Waals surface area (Å²) in [5.41, 5.74) is 7.59. The number of nitrogens with two attached hydrogens (primary N) is 1. The van der Waals surface area contributed by atoms with Gasteiger partial charge < -0.3 is 5.73 Å². The minimum Gasteiger partial charge on any atom is -0.382 e. The van der Waals surface area contributed by atoms with Crippen LogP contribution >= 0.6 is 0 Å². The molecule has 2 aromatic rings. The van der Waals surface area contributed by atoms with Crippen molar-refractivity contribution in [2.45, 2.75) is 26.7 Å². The van der Waals surface area contributed by atoms with Gasteiger partial charge >= 0.3 is 0 Å². The van der Waals surface area contributed by atoms with Gasteiger partial charge in [0.05, 0.1) is 5.69 Å². The van der Waals surface area contributed by atoms with Crippen molar-refractivity contribution in [2.24, 2.45) is 0 Å². The van der Waals surface area contributed by atoms with Crippen LogP contribution < -0.4 is 5.73 Å². The van der Waals surface area contributed by atoms with Crippen LogP contribution in [0.15, 0.2) is 6.33 Å². The summed E-state index contributed by atoms with van der Waals surface area (Å²) in [5, 5.41) is 4.11. The van der Waals surface area contributed by atoms with Crippen molar-refractivity contribution >= 4 is 11.3 Å². The number of aryl methyl sites for hydroxylation is 1. The smallest absolute Gasteiger partial charge is 0.153 e. The van der Waals surface area contributed by atoms with Crippen LogP contribution in [-0.2, 0) is 0 Å². The van der Waals surface area contributed by atoms with Crippen molar-refractivity contribution in [1.82, 2.24) is 19.6 Å². The van der Waals surface area contributed by atoms with Crippen LogP contribution in [0.4, 0.5) is 5.82 Å². The predicted octanol–water partition coefficient (Wildman–Crippen LogP) is 1.14. The van der Waals surface area contributed by atoms with Gasteiger partial charge in [-0.15, -0.1) is 0 Å². The van der Waals surface area contributed by atoms with Gasteiger partial charge in [-0.05, 0) is 12.8 Å². The van der Waals surface area contributed by atoms with Crippen LogP contribution in [0.25, 0.3) is 5.52 Å². The largest absolute Gasteiger partial charge is 0.382 e. The maximum absolute atomic E-state index is 5.80. The molecule has 0 spiro atoms. The molecule has 0 aliphatic carbocycles. The zero-order valence-corrected chi connectivity index (χ0v) is 8.52. The third-order valence-corrected chi connectivity index (χ3v) is 2.20. The van der Waals surface area contributed by atoms with Gasteiger partial charge in [0.15, 0.2) is 5.82 Å². The molecule has 2 N–H and O–H groups in total. The van der Waals surface area contributed by atoms with Gasteiger partial charge in [-0.3, -0.25) is 0 Å². The first-order valence-electron chi connectivity index (χ1n) is 4.57. The molecule has 5 nitrogen and oxygen atoms in total. The summed E-state index contributed by atoms with van der Waals surface area (Å²) >= 11 is 0. The monoisotopic (exact) mass is 191 g/mol. The zero-order valence-electron chi connectivity index (χ0n) is 8.52.